The zero-order valence-electron chi connectivity index (χ0n) is 21.4. The lowest BCUT2D eigenvalue weighted by atomic mass is 9.84. The molecule has 0 bridgehead atoms. The molecule has 1 heterocycles. The van der Waals surface area contributed by atoms with Crippen LogP contribution in [-0.4, -0.2) is 40.0 Å². The molecule has 5 heteroatoms. The summed E-state index contributed by atoms with van der Waals surface area (Å²) in [6.07, 6.45) is 5.89. The normalized spacial score (nSPS) is 17.0. The van der Waals surface area contributed by atoms with Crippen LogP contribution in [0.5, 0.6) is 0 Å². The highest BCUT2D eigenvalue weighted by molar-refractivity contribution is 8.13. The highest BCUT2D eigenvalue weighted by Gasteiger charge is 2.39. The van der Waals surface area contributed by atoms with E-state index in [1.54, 1.807) is 4.90 Å². The molecule has 0 aromatic heterocycles. The smallest absolute Gasteiger partial charge is 0.291 e. The van der Waals surface area contributed by atoms with Crippen LogP contribution < -0.4 is 0 Å². The molecule has 0 aliphatic carbocycles. The molecule has 3 rings (SSSR count). The van der Waals surface area contributed by atoms with Crippen LogP contribution in [0.25, 0.3) is 0 Å². The lowest BCUT2D eigenvalue weighted by molar-refractivity contribution is -0.152. The standard InChI is InChI=1S/C30H39NO3S/c1-4-30(2,3)27(32)28(33)31-21-14-6-5-13-19-26(31)29(34)35-22-20-25(23-15-9-7-10-16-23)24-17-11-8-12-18-24/h7-12,15-18,25-26H,4-6,13-14,19-22H2,1-3H3/t26-/m0/s1. The summed E-state index contributed by atoms with van der Waals surface area (Å²) >= 11 is 1.32. The number of carbonyl (C=O) groups excluding carboxylic acids is 3. The fourth-order valence-electron chi connectivity index (χ4n) is 4.62. The number of nitrogens with zero attached hydrogens (tertiary/aromatic N) is 1. The molecule has 4 nitrogen and oxygen atoms in total. The van der Waals surface area contributed by atoms with Crippen LogP contribution in [0.15, 0.2) is 60.7 Å². The van der Waals surface area contributed by atoms with E-state index < -0.39 is 17.4 Å². The van der Waals surface area contributed by atoms with Crippen LogP contribution in [0.2, 0.25) is 0 Å². The predicted molar refractivity (Wildman–Crippen MR) is 144 cm³/mol. The molecule has 0 spiro atoms. The van der Waals surface area contributed by atoms with Gasteiger partial charge in [0.2, 0.25) is 10.9 Å². The molecule has 0 unspecified atom stereocenters. The van der Waals surface area contributed by atoms with Crippen molar-refractivity contribution in [3.63, 3.8) is 0 Å². The Morgan fingerprint density at radius 2 is 1.49 bits per heavy atom. The molecule has 1 fully saturated rings. The van der Waals surface area contributed by atoms with Gasteiger partial charge in [-0.15, -0.1) is 0 Å². The maximum absolute atomic E-state index is 13.4. The van der Waals surface area contributed by atoms with Gasteiger partial charge in [-0.25, -0.2) is 0 Å². The second-order valence-corrected chi connectivity index (χ2v) is 11.2. The number of hydrogen-bond donors (Lipinski definition) is 0. The van der Waals surface area contributed by atoms with Crippen molar-refractivity contribution in [3.05, 3.63) is 71.8 Å². The summed E-state index contributed by atoms with van der Waals surface area (Å²) in [6.45, 7) is 6.04. The topological polar surface area (TPSA) is 54.5 Å². The Balaban J connectivity index is 1.71. The van der Waals surface area contributed by atoms with Crippen LogP contribution in [0.3, 0.4) is 0 Å². The summed E-state index contributed by atoms with van der Waals surface area (Å²) < 4.78 is 0. The van der Waals surface area contributed by atoms with Crippen molar-refractivity contribution in [2.24, 2.45) is 5.41 Å². The summed E-state index contributed by atoms with van der Waals surface area (Å²) in [7, 11) is 0. The zero-order chi connectivity index (χ0) is 25.3. The molecule has 1 aliphatic heterocycles. The number of amides is 1. The Morgan fingerprint density at radius 1 is 0.914 bits per heavy atom. The molecule has 188 valence electrons. The second-order valence-electron chi connectivity index (χ2n) is 10.1. The van der Waals surface area contributed by atoms with Crippen molar-refractivity contribution < 1.29 is 14.4 Å². The van der Waals surface area contributed by atoms with Crippen LogP contribution in [-0.2, 0) is 14.4 Å². The molecule has 1 saturated heterocycles. The van der Waals surface area contributed by atoms with Crippen molar-refractivity contribution in [1.29, 1.82) is 0 Å². The number of Topliss-reactive ketones (excluding diaryl/α,β-unsaturated/α-hetero) is 1. The molecule has 0 radical (unpaired) electrons. The summed E-state index contributed by atoms with van der Waals surface area (Å²) in [5, 5.41) is 0.0160. The molecule has 2 aromatic rings. The Hall–Kier alpha value is -2.40. The van der Waals surface area contributed by atoms with Gasteiger partial charge >= 0.3 is 0 Å². The van der Waals surface area contributed by atoms with E-state index in [-0.39, 0.29) is 16.8 Å². The van der Waals surface area contributed by atoms with Gasteiger partial charge < -0.3 is 4.90 Å². The van der Waals surface area contributed by atoms with E-state index in [4.69, 9.17) is 0 Å². The third-order valence-electron chi connectivity index (χ3n) is 7.28. The first-order valence-corrected chi connectivity index (χ1v) is 14.0. The molecule has 1 aliphatic rings. The van der Waals surface area contributed by atoms with Crippen molar-refractivity contribution in [2.75, 3.05) is 12.3 Å². The van der Waals surface area contributed by atoms with Gasteiger partial charge in [-0.3, -0.25) is 14.4 Å². The zero-order valence-corrected chi connectivity index (χ0v) is 22.2. The average molecular weight is 494 g/mol. The molecule has 2 aromatic carbocycles. The largest absolute Gasteiger partial charge is 0.325 e. The van der Waals surface area contributed by atoms with E-state index in [0.717, 1.165) is 32.1 Å². The van der Waals surface area contributed by atoms with Crippen molar-refractivity contribution in [1.82, 2.24) is 4.90 Å². The minimum atomic E-state index is -0.710. The van der Waals surface area contributed by atoms with Crippen molar-refractivity contribution in [2.45, 2.75) is 77.7 Å². The van der Waals surface area contributed by atoms with Gasteiger partial charge in [0, 0.05) is 23.6 Å². The van der Waals surface area contributed by atoms with E-state index in [0.29, 0.717) is 25.1 Å². The fraction of sp³-hybridized carbons (Fsp3) is 0.500. The maximum Gasteiger partial charge on any atom is 0.291 e. The first-order chi connectivity index (χ1) is 16.8. The number of carbonyl (C=O) groups is 3. The third-order valence-corrected chi connectivity index (χ3v) is 8.28. The molecule has 1 atom stereocenters. The highest BCUT2D eigenvalue weighted by atomic mass is 32.2. The molecule has 0 saturated carbocycles. The molecular formula is C30H39NO3S. The monoisotopic (exact) mass is 493 g/mol. The number of thioether (sulfide) groups is 1. The van der Waals surface area contributed by atoms with E-state index in [1.165, 1.54) is 22.9 Å². The maximum atomic E-state index is 13.4. The number of ketones is 1. The van der Waals surface area contributed by atoms with Crippen molar-refractivity contribution >= 4 is 28.6 Å². The lowest BCUT2D eigenvalue weighted by Gasteiger charge is -2.34. The van der Waals surface area contributed by atoms with Crippen LogP contribution >= 0.6 is 11.8 Å². The van der Waals surface area contributed by atoms with E-state index in [1.807, 2.05) is 32.9 Å². The third kappa shape index (κ3) is 7.30. The van der Waals surface area contributed by atoms with E-state index in [9.17, 15) is 14.4 Å². The first-order valence-electron chi connectivity index (χ1n) is 13.0. The van der Waals surface area contributed by atoms with Gasteiger partial charge in [-0.1, -0.05) is 112 Å². The number of likely N-dealkylation sites (tertiary alicyclic amines) is 1. The fourth-order valence-corrected chi connectivity index (χ4v) is 5.62. The van der Waals surface area contributed by atoms with Crippen LogP contribution in [0, 0.1) is 5.41 Å². The molecular weight excluding hydrogens is 454 g/mol. The molecule has 35 heavy (non-hydrogen) atoms. The summed E-state index contributed by atoms with van der Waals surface area (Å²) in [6, 6.07) is 20.3. The number of benzene rings is 2. The van der Waals surface area contributed by atoms with Gasteiger partial charge in [-0.05, 0) is 36.8 Å². The summed E-state index contributed by atoms with van der Waals surface area (Å²) in [4.78, 5) is 41.2. The van der Waals surface area contributed by atoms with E-state index >= 15 is 0 Å². The minimum Gasteiger partial charge on any atom is -0.325 e. The van der Waals surface area contributed by atoms with Crippen molar-refractivity contribution in [3.8, 4) is 0 Å². The lowest BCUT2D eigenvalue weighted by Crippen LogP contribution is -2.50. The second kappa shape index (κ2) is 13.1. The number of rotatable bonds is 9. The Kier molecular flexibility index (Phi) is 10.1. The van der Waals surface area contributed by atoms with Gasteiger partial charge in [0.25, 0.3) is 5.91 Å². The molecule has 1 amide bonds. The van der Waals surface area contributed by atoms with Gasteiger partial charge in [0.1, 0.15) is 6.04 Å². The quantitative estimate of drug-likeness (QED) is 0.368. The first kappa shape index (κ1) is 27.2. The van der Waals surface area contributed by atoms with Gasteiger partial charge in [-0.2, -0.15) is 0 Å². The SMILES string of the molecule is CCC(C)(C)C(=O)C(=O)N1CCCCCC[C@H]1C(=O)SCCC(c1ccccc1)c1ccccc1. The van der Waals surface area contributed by atoms with Crippen LogP contribution in [0.1, 0.15) is 82.8 Å². The minimum absolute atomic E-state index is 0.0160. The van der Waals surface area contributed by atoms with Gasteiger partial charge in [0.05, 0.1) is 0 Å². The predicted octanol–water partition coefficient (Wildman–Crippen LogP) is 6.64. The van der Waals surface area contributed by atoms with Gasteiger partial charge in [0.15, 0.2) is 0 Å². The Morgan fingerprint density at radius 3 is 2.06 bits per heavy atom. The Labute approximate surface area is 214 Å². The average Bonchev–Trinajstić information content (AvgIpc) is 2.86. The highest BCUT2D eigenvalue weighted by Crippen LogP contribution is 2.31. The Bertz CT molecular complexity index is 934. The summed E-state index contributed by atoms with van der Waals surface area (Å²) in [5.41, 5.74) is 1.77. The van der Waals surface area contributed by atoms with Crippen LogP contribution in [0.4, 0.5) is 0 Å². The summed E-state index contributed by atoms with van der Waals surface area (Å²) in [5.74, 6) is 0.0145. The number of hydrogen-bond acceptors (Lipinski definition) is 4. The molecule has 0 N–H and O–H groups in total. The van der Waals surface area contributed by atoms with E-state index in [2.05, 4.69) is 48.5 Å².